The molecule has 2 aliphatic heterocycles. The van der Waals surface area contributed by atoms with Crippen molar-refractivity contribution in [3.8, 4) is 0 Å². The van der Waals surface area contributed by atoms with Crippen LogP contribution in [0.15, 0.2) is 0 Å². The van der Waals surface area contributed by atoms with Crippen LogP contribution in [-0.2, 0) is 19.1 Å². The molecule has 2 saturated heterocycles. The quantitative estimate of drug-likeness (QED) is 0.777. The Morgan fingerprint density at radius 1 is 0.893 bits per heavy atom. The van der Waals surface area contributed by atoms with E-state index < -0.39 is 0 Å². The van der Waals surface area contributed by atoms with Gasteiger partial charge in [-0.25, -0.2) is 4.79 Å². The molecule has 3 rings (SSSR count). The van der Waals surface area contributed by atoms with E-state index in [9.17, 15) is 14.4 Å². The van der Waals surface area contributed by atoms with Crippen LogP contribution in [0.1, 0.15) is 45.4 Å². The first kappa shape index (κ1) is 20.9. The fraction of sp³-hybridized carbons (Fsp3) is 0.850. The molecule has 0 unspecified atom stereocenters. The molecule has 0 bridgehead atoms. The van der Waals surface area contributed by atoms with Gasteiger partial charge >= 0.3 is 6.09 Å². The molecule has 0 atom stereocenters. The molecule has 0 aromatic carbocycles. The van der Waals surface area contributed by atoms with Crippen molar-refractivity contribution in [1.82, 2.24) is 15.1 Å². The molecule has 1 aliphatic carbocycles. The number of piperidine rings is 1. The number of hydrogen-bond acceptors (Lipinski definition) is 5. The van der Waals surface area contributed by atoms with E-state index in [1.54, 1.807) is 11.8 Å². The monoisotopic (exact) mass is 395 g/mol. The number of ether oxygens (including phenoxy) is 2. The fourth-order valence-corrected chi connectivity index (χ4v) is 4.38. The number of likely N-dealkylation sites (tertiary alicyclic amines) is 1. The average molecular weight is 396 g/mol. The number of carbonyl (C=O) groups is 3. The molecule has 3 aliphatic rings. The van der Waals surface area contributed by atoms with Crippen LogP contribution >= 0.6 is 0 Å². The number of morpholine rings is 1. The van der Waals surface area contributed by atoms with Crippen LogP contribution in [0.3, 0.4) is 0 Å². The Kier molecular flexibility index (Phi) is 7.53. The largest absolute Gasteiger partial charge is 0.450 e. The summed E-state index contributed by atoms with van der Waals surface area (Å²) in [5.74, 6) is 0.382. The summed E-state index contributed by atoms with van der Waals surface area (Å²) in [5, 5.41) is 3.16. The van der Waals surface area contributed by atoms with Gasteiger partial charge in [0.15, 0.2) is 0 Å². The highest BCUT2D eigenvalue weighted by Crippen LogP contribution is 2.30. The van der Waals surface area contributed by atoms with Gasteiger partial charge in [-0.3, -0.25) is 9.59 Å². The summed E-state index contributed by atoms with van der Waals surface area (Å²) in [6.07, 6.45) is 4.37. The van der Waals surface area contributed by atoms with Crippen molar-refractivity contribution in [3.05, 3.63) is 0 Å². The standard InChI is InChI=1S/C20H33N3O5/c1-2-28-20(26)23-9-7-17(8-10-23)21-18(24)15-3-5-16(6-4-15)19(25)22-11-13-27-14-12-22/h15-17H,2-14H2,1H3,(H,21,24). The van der Waals surface area contributed by atoms with Crippen LogP contribution in [0.5, 0.6) is 0 Å². The lowest BCUT2D eigenvalue weighted by Crippen LogP contribution is -2.48. The summed E-state index contributed by atoms with van der Waals surface area (Å²) in [6.45, 7) is 6.03. The first-order chi connectivity index (χ1) is 13.6. The van der Waals surface area contributed by atoms with Crippen molar-refractivity contribution in [2.45, 2.75) is 51.5 Å². The van der Waals surface area contributed by atoms with E-state index in [1.807, 2.05) is 4.90 Å². The molecule has 2 heterocycles. The third-order valence-corrected chi connectivity index (χ3v) is 6.14. The number of rotatable bonds is 4. The maximum Gasteiger partial charge on any atom is 0.409 e. The minimum absolute atomic E-state index is 0.00294. The second-order valence-corrected chi connectivity index (χ2v) is 7.96. The van der Waals surface area contributed by atoms with Gasteiger partial charge in [0.1, 0.15) is 0 Å². The van der Waals surface area contributed by atoms with Gasteiger partial charge in [0, 0.05) is 44.1 Å². The number of carbonyl (C=O) groups excluding carboxylic acids is 3. The van der Waals surface area contributed by atoms with Gasteiger partial charge in [-0.2, -0.15) is 0 Å². The molecule has 1 saturated carbocycles. The lowest BCUT2D eigenvalue weighted by Gasteiger charge is -2.35. The van der Waals surface area contributed by atoms with Gasteiger partial charge < -0.3 is 24.6 Å². The summed E-state index contributed by atoms with van der Waals surface area (Å²) in [4.78, 5) is 40.6. The zero-order valence-electron chi connectivity index (χ0n) is 16.9. The molecule has 3 amide bonds. The van der Waals surface area contributed by atoms with E-state index in [2.05, 4.69) is 5.32 Å². The van der Waals surface area contributed by atoms with Crippen molar-refractivity contribution in [2.75, 3.05) is 46.0 Å². The molecule has 0 aromatic heterocycles. The first-order valence-electron chi connectivity index (χ1n) is 10.7. The van der Waals surface area contributed by atoms with Crippen LogP contribution in [0, 0.1) is 11.8 Å². The lowest BCUT2D eigenvalue weighted by molar-refractivity contribution is -0.142. The van der Waals surface area contributed by atoms with E-state index in [-0.39, 0.29) is 35.8 Å². The Balaban J connectivity index is 1.37. The molecule has 158 valence electrons. The maximum absolute atomic E-state index is 12.6. The van der Waals surface area contributed by atoms with Crippen molar-refractivity contribution in [2.24, 2.45) is 11.8 Å². The Hall–Kier alpha value is -1.83. The zero-order valence-corrected chi connectivity index (χ0v) is 16.9. The molecule has 0 radical (unpaired) electrons. The van der Waals surface area contributed by atoms with Crippen LogP contribution in [0.25, 0.3) is 0 Å². The van der Waals surface area contributed by atoms with E-state index in [0.717, 1.165) is 38.5 Å². The number of nitrogens with one attached hydrogen (secondary N) is 1. The van der Waals surface area contributed by atoms with Crippen molar-refractivity contribution in [1.29, 1.82) is 0 Å². The van der Waals surface area contributed by atoms with Crippen LogP contribution in [-0.4, -0.2) is 79.7 Å². The average Bonchev–Trinajstić information content (AvgIpc) is 2.74. The SMILES string of the molecule is CCOC(=O)N1CCC(NC(=O)C2CCC(C(=O)N3CCOCC3)CC2)CC1. The molecule has 8 heteroatoms. The van der Waals surface area contributed by atoms with E-state index in [0.29, 0.717) is 46.0 Å². The second kappa shape index (κ2) is 10.1. The predicted molar refractivity (Wildman–Crippen MR) is 103 cm³/mol. The summed E-state index contributed by atoms with van der Waals surface area (Å²) >= 11 is 0. The topological polar surface area (TPSA) is 88.2 Å². The molecule has 0 aromatic rings. The third kappa shape index (κ3) is 5.37. The zero-order chi connectivity index (χ0) is 19.9. The van der Waals surface area contributed by atoms with Crippen molar-refractivity contribution >= 4 is 17.9 Å². The van der Waals surface area contributed by atoms with Crippen molar-refractivity contribution in [3.63, 3.8) is 0 Å². The molecule has 0 spiro atoms. The highest BCUT2D eigenvalue weighted by molar-refractivity contribution is 5.81. The van der Waals surface area contributed by atoms with Gasteiger partial charge in [0.2, 0.25) is 11.8 Å². The number of hydrogen-bond donors (Lipinski definition) is 1. The maximum atomic E-state index is 12.6. The Labute approximate surface area is 166 Å². The Bertz CT molecular complexity index is 548. The highest BCUT2D eigenvalue weighted by Gasteiger charge is 2.33. The van der Waals surface area contributed by atoms with Gasteiger partial charge in [0.05, 0.1) is 19.8 Å². The van der Waals surface area contributed by atoms with Gasteiger partial charge in [0.25, 0.3) is 0 Å². The smallest absolute Gasteiger partial charge is 0.409 e. The van der Waals surface area contributed by atoms with E-state index in [1.165, 1.54) is 0 Å². The van der Waals surface area contributed by atoms with Gasteiger partial charge in [-0.15, -0.1) is 0 Å². The molecule has 28 heavy (non-hydrogen) atoms. The van der Waals surface area contributed by atoms with Crippen LogP contribution in [0.2, 0.25) is 0 Å². The van der Waals surface area contributed by atoms with Gasteiger partial charge in [-0.05, 0) is 45.4 Å². The summed E-state index contributed by atoms with van der Waals surface area (Å²) in [6, 6.07) is 0.117. The Morgan fingerprint density at radius 3 is 2.11 bits per heavy atom. The van der Waals surface area contributed by atoms with Crippen molar-refractivity contribution < 1.29 is 23.9 Å². The fourth-order valence-electron chi connectivity index (χ4n) is 4.38. The molecule has 1 N–H and O–H groups in total. The van der Waals surface area contributed by atoms with Crippen LogP contribution in [0.4, 0.5) is 4.79 Å². The summed E-state index contributed by atoms with van der Waals surface area (Å²) < 4.78 is 10.3. The highest BCUT2D eigenvalue weighted by atomic mass is 16.6. The normalized spacial score (nSPS) is 26.6. The third-order valence-electron chi connectivity index (χ3n) is 6.14. The number of nitrogens with zero attached hydrogens (tertiary/aromatic N) is 2. The minimum Gasteiger partial charge on any atom is -0.450 e. The summed E-state index contributed by atoms with van der Waals surface area (Å²) in [5.41, 5.74) is 0. The van der Waals surface area contributed by atoms with E-state index in [4.69, 9.17) is 9.47 Å². The Morgan fingerprint density at radius 2 is 1.50 bits per heavy atom. The molecular formula is C20H33N3O5. The second-order valence-electron chi connectivity index (χ2n) is 7.96. The molecule has 8 nitrogen and oxygen atoms in total. The summed E-state index contributed by atoms with van der Waals surface area (Å²) in [7, 11) is 0. The molecule has 3 fully saturated rings. The molecular weight excluding hydrogens is 362 g/mol. The van der Waals surface area contributed by atoms with Crippen LogP contribution < -0.4 is 5.32 Å². The number of amides is 3. The minimum atomic E-state index is -0.268. The lowest BCUT2D eigenvalue weighted by atomic mass is 9.80. The first-order valence-corrected chi connectivity index (χ1v) is 10.7. The van der Waals surface area contributed by atoms with Gasteiger partial charge in [-0.1, -0.05) is 0 Å². The van der Waals surface area contributed by atoms with E-state index >= 15 is 0 Å². The predicted octanol–water partition coefficient (Wildman–Crippen LogP) is 1.39.